The van der Waals surface area contributed by atoms with E-state index in [1.54, 1.807) is 0 Å². The smallest absolute Gasteiger partial charge is 0.224 e. The predicted octanol–water partition coefficient (Wildman–Crippen LogP) is 3.66. The van der Waals surface area contributed by atoms with Crippen LogP contribution in [0.5, 0.6) is 0 Å². The van der Waals surface area contributed by atoms with Gasteiger partial charge in [-0.15, -0.1) is 10.2 Å². The van der Waals surface area contributed by atoms with Crippen molar-refractivity contribution in [2.45, 2.75) is 52.0 Å². The van der Waals surface area contributed by atoms with Gasteiger partial charge < -0.3 is 10.2 Å². The van der Waals surface area contributed by atoms with Gasteiger partial charge in [0.2, 0.25) is 5.91 Å². The van der Waals surface area contributed by atoms with Gasteiger partial charge in [-0.1, -0.05) is 30.7 Å². The lowest BCUT2D eigenvalue weighted by Crippen LogP contribution is -2.46. The van der Waals surface area contributed by atoms with E-state index < -0.39 is 0 Å². The molecule has 3 heterocycles. The lowest BCUT2D eigenvalue weighted by atomic mass is 9.97. The second kappa shape index (κ2) is 10.2. The van der Waals surface area contributed by atoms with Gasteiger partial charge in [-0.25, -0.2) is 0 Å². The summed E-state index contributed by atoms with van der Waals surface area (Å²) in [5.74, 6) is 1.06. The zero-order chi connectivity index (χ0) is 21.6. The average Bonchev–Trinajstić information content (AvgIpc) is 2.81. The number of carbonyl (C=O) groups is 1. The van der Waals surface area contributed by atoms with Gasteiger partial charge in [0, 0.05) is 37.8 Å². The van der Waals surface area contributed by atoms with E-state index in [0.717, 1.165) is 56.1 Å². The molecule has 2 aliphatic heterocycles. The summed E-state index contributed by atoms with van der Waals surface area (Å²) in [6, 6.07) is 12.9. The molecule has 2 fully saturated rings. The van der Waals surface area contributed by atoms with Crippen molar-refractivity contribution in [1.29, 1.82) is 0 Å². The molecule has 1 aromatic heterocycles. The Balaban J connectivity index is 1.30. The van der Waals surface area contributed by atoms with E-state index in [2.05, 4.69) is 51.3 Å². The molecule has 4 rings (SSSR count). The standard InChI is InChI=1S/C25H35N5O/c1-19-8-3-4-11-22(19)23-12-13-24(28-27-23)30-16-7-10-21(18-30)25(31)26-14-17-29-15-6-5-9-20(29)2/h3-4,8,11-13,20-21H,5-7,9-10,14-18H2,1-2H3,(H,26,31)/t20-,21-/m1/s1. The predicted molar refractivity (Wildman–Crippen MR) is 125 cm³/mol. The Labute approximate surface area is 186 Å². The molecule has 31 heavy (non-hydrogen) atoms. The number of nitrogens with one attached hydrogen (secondary N) is 1. The van der Waals surface area contributed by atoms with E-state index in [4.69, 9.17) is 0 Å². The average molecular weight is 422 g/mol. The molecule has 2 aromatic rings. The summed E-state index contributed by atoms with van der Waals surface area (Å²) in [5.41, 5.74) is 3.19. The molecule has 0 unspecified atom stereocenters. The highest BCUT2D eigenvalue weighted by Crippen LogP contribution is 2.25. The molecule has 0 saturated carbocycles. The summed E-state index contributed by atoms with van der Waals surface area (Å²) in [6.07, 6.45) is 5.82. The Bertz CT molecular complexity index is 868. The number of anilines is 1. The van der Waals surface area contributed by atoms with Crippen molar-refractivity contribution in [3.8, 4) is 11.3 Å². The highest BCUT2D eigenvalue weighted by atomic mass is 16.1. The van der Waals surface area contributed by atoms with Crippen LogP contribution < -0.4 is 10.2 Å². The minimum absolute atomic E-state index is 0.0189. The van der Waals surface area contributed by atoms with Crippen molar-refractivity contribution in [2.75, 3.05) is 37.6 Å². The summed E-state index contributed by atoms with van der Waals surface area (Å²) in [6.45, 7) is 8.87. The van der Waals surface area contributed by atoms with Gasteiger partial charge in [-0.2, -0.15) is 0 Å². The highest BCUT2D eigenvalue weighted by Gasteiger charge is 2.27. The first-order chi connectivity index (χ1) is 15.1. The minimum atomic E-state index is 0.0189. The summed E-state index contributed by atoms with van der Waals surface area (Å²) in [4.78, 5) is 17.5. The van der Waals surface area contributed by atoms with Crippen molar-refractivity contribution in [2.24, 2.45) is 5.92 Å². The van der Waals surface area contributed by atoms with Gasteiger partial charge in [0.15, 0.2) is 5.82 Å². The Hall–Kier alpha value is -2.47. The van der Waals surface area contributed by atoms with Crippen molar-refractivity contribution < 1.29 is 4.79 Å². The van der Waals surface area contributed by atoms with Crippen LogP contribution >= 0.6 is 0 Å². The maximum Gasteiger partial charge on any atom is 0.224 e. The topological polar surface area (TPSA) is 61.4 Å². The lowest BCUT2D eigenvalue weighted by Gasteiger charge is -2.34. The molecule has 166 valence electrons. The number of hydrogen-bond acceptors (Lipinski definition) is 5. The van der Waals surface area contributed by atoms with Crippen LogP contribution in [0.25, 0.3) is 11.3 Å². The quantitative estimate of drug-likeness (QED) is 0.771. The molecule has 2 saturated heterocycles. The molecule has 2 aliphatic rings. The Morgan fingerprint density at radius 3 is 2.71 bits per heavy atom. The van der Waals surface area contributed by atoms with Gasteiger partial charge in [-0.05, 0) is 63.8 Å². The van der Waals surface area contributed by atoms with Crippen LogP contribution in [0.3, 0.4) is 0 Å². The number of aromatic nitrogens is 2. The van der Waals surface area contributed by atoms with Gasteiger partial charge >= 0.3 is 0 Å². The highest BCUT2D eigenvalue weighted by molar-refractivity contribution is 5.79. The number of hydrogen-bond donors (Lipinski definition) is 1. The Morgan fingerprint density at radius 2 is 1.94 bits per heavy atom. The molecule has 2 atom stereocenters. The summed E-state index contributed by atoms with van der Waals surface area (Å²) >= 11 is 0. The zero-order valence-electron chi connectivity index (χ0n) is 18.9. The molecular weight excluding hydrogens is 386 g/mol. The van der Waals surface area contributed by atoms with Gasteiger partial charge in [0.05, 0.1) is 11.6 Å². The van der Waals surface area contributed by atoms with Crippen LogP contribution in [0.15, 0.2) is 36.4 Å². The van der Waals surface area contributed by atoms with E-state index in [1.165, 1.54) is 24.8 Å². The fourth-order valence-corrected chi connectivity index (χ4v) is 4.85. The molecular formula is C25H35N5O. The van der Waals surface area contributed by atoms with Crippen LogP contribution in [0.2, 0.25) is 0 Å². The van der Waals surface area contributed by atoms with Crippen molar-refractivity contribution >= 4 is 11.7 Å². The number of rotatable bonds is 6. The van der Waals surface area contributed by atoms with Crippen molar-refractivity contribution in [1.82, 2.24) is 20.4 Å². The zero-order valence-corrected chi connectivity index (χ0v) is 18.9. The largest absolute Gasteiger partial charge is 0.355 e. The van der Waals surface area contributed by atoms with Crippen LogP contribution in [0.4, 0.5) is 5.82 Å². The minimum Gasteiger partial charge on any atom is -0.355 e. The molecule has 6 heteroatoms. The first-order valence-electron chi connectivity index (χ1n) is 11.8. The molecule has 1 N–H and O–H groups in total. The summed E-state index contributed by atoms with van der Waals surface area (Å²) < 4.78 is 0. The molecule has 0 aliphatic carbocycles. The van der Waals surface area contributed by atoms with Crippen LogP contribution in [0.1, 0.15) is 44.6 Å². The maximum atomic E-state index is 12.8. The monoisotopic (exact) mass is 421 g/mol. The number of amides is 1. The number of likely N-dealkylation sites (tertiary alicyclic amines) is 1. The maximum absolute atomic E-state index is 12.8. The number of carbonyl (C=O) groups excluding carboxylic acids is 1. The van der Waals surface area contributed by atoms with Gasteiger partial charge in [-0.3, -0.25) is 9.69 Å². The fourth-order valence-electron chi connectivity index (χ4n) is 4.85. The van der Waals surface area contributed by atoms with E-state index in [9.17, 15) is 4.79 Å². The Morgan fingerprint density at radius 1 is 1.06 bits per heavy atom. The van der Waals surface area contributed by atoms with E-state index >= 15 is 0 Å². The summed E-state index contributed by atoms with van der Waals surface area (Å²) in [7, 11) is 0. The first-order valence-corrected chi connectivity index (χ1v) is 11.8. The summed E-state index contributed by atoms with van der Waals surface area (Å²) in [5, 5.41) is 12.1. The molecule has 6 nitrogen and oxygen atoms in total. The van der Waals surface area contributed by atoms with E-state index in [-0.39, 0.29) is 11.8 Å². The first kappa shape index (κ1) is 21.8. The molecule has 0 bridgehead atoms. The normalized spacial score (nSPS) is 22.3. The fraction of sp³-hybridized carbons (Fsp3) is 0.560. The third-order valence-electron chi connectivity index (χ3n) is 6.83. The van der Waals surface area contributed by atoms with E-state index in [0.29, 0.717) is 12.6 Å². The number of piperidine rings is 2. The lowest BCUT2D eigenvalue weighted by molar-refractivity contribution is -0.125. The molecule has 0 radical (unpaired) electrons. The molecule has 1 aromatic carbocycles. The second-order valence-corrected chi connectivity index (χ2v) is 9.05. The molecule has 1 amide bonds. The van der Waals surface area contributed by atoms with Crippen LogP contribution in [-0.2, 0) is 4.79 Å². The number of aryl methyl sites for hydroxylation is 1. The van der Waals surface area contributed by atoms with Crippen LogP contribution in [-0.4, -0.2) is 59.8 Å². The SMILES string of the molecule is Cc1ccccc1-c1ccc(N2CCC[C@@H](C(=O)NCCN3CCCC[C@H]3C)C2)nn1. The third kappa shape index (κ3) is 5.42. The second-order valence-electron chi connectivity index (χ2n) is 9.05. The number of nitrogens with zero attached hydrogens (tertiary/aromatic N) is 4. The van der Waals surface area contributed by atoms with Gasteiger partial charge in [0.1, 0.15) is 0 Å². The molecule has 0 spiro atoms. The van der Waals surface area contributed by atoms with Crippen molar-refractivity contribution in [3.63, 3.8) is 0 Å². The Kier molecular flexibility index (Phi) is 7.17. The van der Waals surface area contributed by atoms with Crippen LogP contribution in [0, 0.1) is 12.8 Å². The van der Waals surface area contributed by atoms with Crippen molar-refractivity contribution in [3.05, 3.63) is 42.0 Å². The number of benzene rings is 1. The van der Waals surface area contributed by atoms with Gasteiger partial charge in [0.25, 0.3) is 0 Å². The third-order valence-corrected chi connectivity index (χ3v) is 6.83. The van der Waals surface area contributed by atoms with E-state index in [1.807, 2.05) is 24.3 Å².